The van der Waals surface area contributed by atoms with Crippen LogP contribution in [0.1, 0.15) is 44.1 Å². The van der Waals surface area contributed by atoms with E-state index in [1.807, 2.05) is 6.92 Å². The highest BCUT2D eigenvalue weighted by molar-refractivity contribution is 7.86. The first-order valence-electron chi connectivity index (χ1n) is 18.5. The lowest BCUT2D eigenvalue weighted by Crippen LogP contribution is -2.44. The Labute approximate surface area is 312 Å². The maximum Gasteiger partial charge on any atom is 0.409 e. The molecule has 1 aromatic carbocycles. The molecule has 6 fully saturated rings. The zero-order chi connectivity index (χ0) is 37.9. The molecule has 0 aliphatic carbocycles. The minimum absolute atomic E-state index is 0.0120. The second kappa shape index (κ2) is 22.7. The fourth-order valence-electron chi connectivity index (χ4n) is 5.98. The lowest BCUT2D eigenvalue weighted by Gasteiger charge is -2.28. The van der Waals surface area contributed by atoms with E-state index < -0.39 is 10.1 Å². The first-order valence-corrected chi connectivity index (χ1v) is 19.9. The van der Waals surface area contributed by atoms with Gasteiger partial charge in [-0.3, -0.25) is 23.5 Å². The molecule has 298 valence electrons. The number of rotatable bonds is 8. The minimum atomic E-state index is -3.73. The van der Waals surface area contributed by atoms with E-state index in [1.54, 1.807) is 17.0 Å². The summed E-state index contributed by atoms with van der Waals surface area (Å²) in [6.45, 7) is 12.9. The number of carbonyl (C=O) groups is 4. The van der Waals surface area contributed by atoms with Gasteiger partial charge >= 0.3 is 6.09 Å². The van der Waals surface area contributed by atoms with Crippen LogP contribution in [-0.4, -0.2) is 159 Å². The number of benzene rings is 1. The Morgan fingerprint density at radius 2 is 1.21 bits per heavy atom. The van der Waals surface area contributed by atoms with Crippen LogP contribution in [0.5, 0.6) is 0 Å². The van der Waals surface area contributed by atoms with E-state index in [-0.39, 0.29) is 54.0 Å². The second-order valence-corrected chi connectivity index (χ2v) is 15.0. The van der Waals surface area contributed by atoms with Crippen LogP contribution < -0.4 is 21.3 Å². The topological polar surface area (TPSA) is 203 Å². The largest absolute Gasteiger partial charge is 0.447 e. The van der Waals surface area contributed by atoms with Gasteiger partial charge in [0.1, 0.15) is 6.61 Å². The Morgan fingerprint density at radius 3 is 1.68 bits per heavy atom. The summed E-state index contributed by atoms with van der Waals surface area (Å²) in [5.74, 6) is 0.182. The summed E-state index contributed by atoms with van der Waals surface area (Å²) in [6.07, 6.45) is 3.70. The number of aryl methyl sites for hydroxylation is 1. The average molecular weight is 769 g/mol. The van der Waals surface area contributed by atoms with Gasteiger partial charge in [0.15, 0.2) is 0 Å². The molecule has 0 unspecified atom stereocenters. The van der Waals surface area contributed by atoms with Crippen LogP contribution in [0.3, 0.4) is 0 Å². The van der Waals surface area contributed by atoms with Crippen molar-refractivity contribution in [2.24, 2.45) is 0 Å². The maximum atomic E-state index is 11.8. The fraction of sp³-hybridized carbons (Fsp3) is 0.714. The molecule has 4 N–H and O–H groups in total. The lowest BCUT2D eigenvalue weighted by molar-refractivity contribution is -0.120. The normalized spacial score (nSPS) is 24.6. The first-order chi connectivity index (χ1) is 25.6. The van der Waals surface area contributed by atoms with Gasteiger partial charge in [-0.1, -0.05) is 17.7 Å². The average Bonchev–Trinajstić information content (AvgIpc) is 3.93. The molecule has 6 aliphatic heterocycles. The number of nitrogens with zero attached hydrogens (tertiary/aromatic N) is 2. The summed E-state index contributed by atoms with van der Waals surface area (Å²) < 4.78 is 49.2. The number of hydrogen-bond donors (Lipinski definition) is 4. The third-order valence-corrected chi connectivity index (χ3v) is 10.4. The lowest BCUT2D eigenvalue weighted by atomic mass is 10.2. The molecule has 0 spiro atoms. The van der Waals surface area contributed by atoms with E-state index in [9.17, 15) is 27.6 Å². The number of morpholine rings is 3. The van der Waals surface area contributed by atoms with E-state index in [0.29, 0.717) is 58.0 Å². The minimum Gasteiger partial charge on any atom is -0.447 e. The van der Waals surface area contributed by atoms with E-state index in [0.717, 1.165) is 77.6 Å². The van der Waals surface area contributed by atoms with E-state index in [4.69, 9.17) is 23.1 Å². The van der Waals surface area contributed by atoms with Gasteiger partial charge in [0.25, 0.3) is 10.1 Å². The number of nitrogens with one attached hydrogen (secondary N) is 4. The SMILES string of the molecule is C1COCCN1.Cc1ccc(S(=O)(=O)OC[C@@H]2CCC(=O)N2)cc1.O=C1CC[C@@H](CN2CCOCC2)N1.O=C1CC[C@@H](COC(=O)N2CCOCC2)N1. The van der Waals surface area contributed by atoms with Gasteiger partial charge in [-0.25, -0.2) is 4.79 Å². The summed E-state index contributed by atoms with van der Waals surface area (Å²) in [4.78, 5) is 48.5. The fourth-order valence-corrected chi connectivity index (χ4v) is 6.93. The van der Waals surface area contributed by atoms with Crippen LogP contribution in [0.2, 0.25) is 0 Å². The van der Waals surface area contributed by atoms with E-state index >= 15 is 0 Å². The van der Waals surface area contributed by atoms with Crippen LogP contribution in [0.4, 0.5) is 4.79 Å². The molecule has 0 aromatic heterocycles. The molecule has 0 radical (unpaired) electrons. The van der Waals surface area contributed by atoms with Crippen LogP contribution in [-0.2, 0) is 47.6 Å². The summed E-state index contributed by atoms with van der Waals surface area (Å²) >= 11 is 0. The van der Waals surface area contributed by atoms with Crippen molar-refractivity contribution in [3.8, 4) is 0 Å². The Bertz CT molecular complexity index is 1390. The molecule has 0 bridgehead atoms. The molecule has 6 aliphatic rings. The smallest absolute Gasteiger partial charge is 0.409 e. The Morgan fingerprint density at radius 1 is 0.717 bits per heavy atom. The van der Waals surface area contributed by atoms with Crippen molar-refractivity contribution in [3.63, 3.8) is 0 Å². The molecule has 6 heterocycles. The van der Waals surface area contributed by atoms with E-state index in [2.05, 4.69) is 26.2 Å². The van der Waals surface area contributed by atoms with Gasteiger partial charge in [-0.15, -0.1) is 0 Å². The predicted molar refractivity (Wildman–Crippen MR) is 192 cm³/mol. The highest BCUT2D eigenvalue weighted by Crippen LogP contribution is 2.16. The van der Waals surface area contributed by atoms with Crippen LogP contribution in [0.15, 0.2) is 29.2 Å². The molecular weight excluding hydrogens is 712 g/mol. The summed E-state index contributed by atoms with van der Waals surface area (Å²) in [5.41, 5.74) is 0.983. The molecule has 4 amide bonds. The molecule has 18 heteroatoms. The van der Waals surface area contributed by atoms with Gasteiger partial charge in [0.05, 0.1) is 63.2 Å². The van der Waals surface area contributed by atoms with Gasteiger partial charge in [-0.2, -0.15) is 8.42 Å². The summed E-state index contributed by atoms with van der Waals surface area (Å²) in [5, 5.41) is 11.6. The van der Waals surface area contributed by atoms with Crippen molar-refractivity contribution in [2.75, 3.05) is 98.7 Å². The van der Waals surface area contributed by atoms with E-state index in [1.165, 1.54) is 12.1 Å². The predicted octanol–water partition coefficient (Wildman–Crippen LogP) is -0.0839. The van der Waals surface area contributed by atoms with Crippen LogP contribution >= 0.6 is 0 Å². The monoisotopic (exact) mass is 768 g/mol. The molecule has 17 nitrogen and oxygen atoms in total. The number of carbonyl (C=O) groups excluding carboxylic acids is 4. The Balaban J connectivity index is 0.000000166. The second-order valence-electron chi connectivity index (χ2n) is 13.4. The number of hydrogen-bond acceptors (Lipinski definition) is 13. The summed E-state index contributed by atoms with van der Waals surface area (Å²) in [6, 6.07) is 6.61. The third kappa shape index (κ3) is 16.3. The first kappa shape index (κ1) is 42.4. The molecule has 0 saturated carbocycles. The highest BCUT2D eigenvalue weighted by Gasteiger charge is 2.26. The van der Waals surface area contributed by atoms with Gasteiger partial charge < -0.3 is 45.1 Å². The molecular formula is C35H56N6O11S. The Kier molecular flexibility index (Phi) is 18.2. The van der Waals surface area contributed by atoms with Crippen LogP contribution in [0.25, 0.3) is 0 Å². The van der Waals surface area contributed by atoms with Crippen molar-refractivity contribution >= 4 is 33.9 Å². The number of ether oxygens (including phenoxy) is 4. The quantitative estimate of drug-likeness (QED) is 0.256. The maximum absolute atomic E-state index is 11.8. The van der Waals surface area contributed by atoms with Gasteiger partial charge in [-0.05, 0) is 38.3 Å². The zero-order valence-electron chi connectivity index (χ0n) is 30.7. The Hall–Kier alpha value is -3.39. The molecule has 1 aromatic rings. The molecule has 53 heavy (non-hydrogen) atoms. The van der Waals surface area contributed by atoms with Crippen molar-refractivity contribution in [3.05, 3.63) is 29.8 Å². The molecule has 3 atom stereocenters. The van der Waals surface area contributed by atoms with Gasteiger partial charge in [0.2, 0.25) is 17.7 Å². The molecule has 6 saturated heterocycles. The van der Waals surface area contributed by atoms with Gasteiger partial charge in [0, 0.05) is 71.1 Å². The van der Waals surface area contributed by atoms with Crippen molar-refractivity contribution < 1.29 is 50.7 Å². The van der Waals surface area contributed by atoms with Crippen molar-refractivity contribution in [2.45, 2.75) is 68.5 Å². The highest BCUT2D eigenvalue weighted by atomic mass is 32.2. The zero-order valence-corrected chi connectivity index (χ0v) is 31.5. The summed E-state index contributed by atoms with van der Waals surface area (Å²) in [7, 11) is -3.73. The van der Waals surface area contributed by atoms with Crippen molar-refractivity contribution in [1.82, 2.24) is 31.1 Å². The van der Waals surface area contributed by atoms with Crippen LogP contribution in [0, 0.1) is 6.92 Å². The third-order valence-electron chi connectivity index (χ3n) is 9.09. The standard InChI is InChI=1S/C12H15NO4S.C10H16N2O4.C9H16N2O2.C4H9NO/c1-9-2-5-11(6-3-9)18(15,16)17-8-10-4-7-12(14)13-10;13-9-2-1-8(11-9)7-16-10(14)12-3-5-15-6-4-12;12-9-2-1-8(10-9)7-11-3-5-13-6-4-11;1-3-6-4-2-5-1/h2-3,5-6,10H,4,7-8H2,1H3,(H,13,14);8H,1-7H2,(H,11,13);8H,1-7H2,(H,10,12);5H,1-4H2/t10-;2*8-;/m000./s1. The molecule has 7 rings (SSSR count). The van der Waals surface area contributed by atoms with Crippen molar-refractivity contribution in [1.29, 1.82) is 0 Å². The number of amides is 4.